The highest BCUT2D eigenvalue weighted by molar-refractivity contribution is 5.84. The Labute approximate surface area is 120 Å². The minimum absolute atomic E-state index is 0.0650. The van der Waals surface area contributed by atoms with Gasteiger partial charge < -0.3 is 26.0 Å². The number of nitrogen functional groups attached to an aromatic ring is 1. The predicted octanol–water partition coefficient (Wildman–Crippen LogP) is -0.701. The van der Waals surface area contributed by atoms with E-state index >= 15 is 0 Å². The van der Waals surface area contributed by atoms with Gasteiger partial charge in [0.25, 0.3) is 5.79 Å². The average Bonchev–Trinajstić information content (AvgIpc) is 2.89. The summed E-state index contributed by atoms with van der Waals surface area (Å²) in [6.45, 7) is 0.885. The number of aliphatic hydroxyl groups excluding tert-OH is 1. The molecule has 0 fully saturated rings. The van der Waals surface area contributed by atoms with E-state index in [0.29, 0.717) is 17.0 Å². The average molecular weight is 292 g/mol. The molecule has 0 aliphatic rings. The molecule has 0 aromatic carbocycles. The summed E-state index contributed by atoms with van der Waals surface area (Å²) in [6.07, 6.45) is 5.86. The van der Waals surface area contributed by atoms with Crippen LogP contribution in [-0.4, -0.2) is 49.2 Å². The van der Waals surface area contributed by atoms with Crippen LogP contribution >= 0.6 is 0 Å². The largest absolute Gasteiger partial charge is 0.390 e. The Hall–Kier alpha value is -2.41. The first-order chi connectivity index (χ1) is 9.94. The molecule has 0 spiro atoms. The SMILES string of the molecule is C#C[C@@](O)(CO)O[C@H](C)n1cnc2c(NC)nc(N)nc21. The van der Waals surface area contributed by atoms with Gasteiger partial charge in [-0.3, -0.25) is 4.57 Å². The van der Waals surface area contributed by atoms with Crippen molar-refractivity contribution in [3.63, 3.8) is 0 Å². The molecule has 2 heterocycles. The van der Waals surface area contributed by atoms with Crippen LogP contribution in [0.3, 0.4) is 0 Å². The van der Waals surface area contributed by atoms with Crippen molar-refractivity contribution in [1.29, 1.82) is 0 Å². The van der Waals surface area contributed by atoms with E-state index in [1.165, 1.54) is 10.9 Å². The quantitative estimate of drug-likeness (QED) is 0.420. The lowest BCUT2D eigenvalue weighted by atomic mass is 10.3. The second-order valence-electron chi connectivity index (χ2n) is 4.31. The number of terminal acetylenes is 1. The van der Waals surface area contributed by atoms with E-state index in [4.69, 9.17) is 22.0 Å². The van der Waals surface area contributed by atoms with Crippen molar-refractivity contribution in [2.24, 2.45) is 0 Å². The lowest BCUT2D eigenvalue weighted by Crippen LogP contribution is -2.36. The smallest absolute Gasteiger partial charge is 0.256 e. The zero-order valence-electron chi connectivity index (χ0n) is 11.6. The molecular weight excluding hydrogens is 276 g/mol. The molecule has 0 saturated heterocycles. The summed E-state index contributed by atoms with van der Waals surface area (Å²) in [5.41, 5.74) is 6.55. The van der Waals surface area contributed by atoms with E-state index in [-0.39, 0.29) is 5.95 Å². The number of hydrogen-bond donors (Lipinski definition) is 4. The highest BCUT2D eigenvalue weighted by Crippen LogP contribution is 2.24. The van der Waals surface area contributed by atoms with Crippen LogP contribution in [0.2, 0.25) is 0 Å². The predicted molar refractivity (Wildman–Crippen MR) is 75.9 cm³/mol. The molecule has 0 bridgehead atoms. The van der Waals surface area contributed by atoms with Crippen molar-refractivity contribution >= 4 is 22.9 Å². The maximum absolute atomic E-state index is 9.81. The van der Waals surface area contributed by atoms with E-state index in [1.54, 1.807) is 14.0 Å². The van der Waals surface area contributed by atoms with Crippen molar-refractivity contribution < 1.29 is 14.9 Å². The highest BCUT2D eigenvalue weighted by atomic mass is 16.6. The zero-order valence-corrected chi connectivity index (χ0v) is 11.6. The van der Waals surface area contributed by atoms with E-state index in [1.807, 2.05) is 5.92 Å². The van der Waals surface area contributed by atoms with Crippen molar-refractivity contribution in [3.8, 4) is 12.3 Å². The number of aromatic nitrogens is 4. The summed E-state index contributed by atoms with van der Waals surface area (Å²) >= 11 is 0. The third-order valence-corrected chi connectivity index (χ3v) is 2.87. The van der Waals surface area contributed by atoms with Gasteiger partial charge in [0.2, 0.25) is 5.95 Å². The summed E-state index contributed by atoms with van der Waals surface area (Å²) in [5.74, 6) is 0.435. The fourth-order valence-corrected chi connectivity index (χ4v) is 1.83. The Kier molecular flexibility index (Phi) is 3.95. The van der Waals surface area contributed by atoms with E-state index in [2.05, 4.69) is 20.3 Å². The van der Waals surface area contributed by atoms with Gasteiger partial charge in [0.15, 0.2) is 17.0 Å². The first-order valence-electron chi connectivity index (χ1n) is 6.10. The second kappa shape index (κ2) is 5.53. The molecule has 0 radical (unpaired) electrons. The number of nitrogens with one attached hydrogen (secondary N) is 1. The second-order valence-corrected chi connectivity index (χ2v) is 4.31. The summed E-state index contributed by atoms with van der Waals surface area (Å²) in [4.78, 5) is 12.3. The third-order valence-electron chi connectivity index (χ3n) is 2.87. The van der Waals surface area contributed by atoms with Gasteiger partial charge in [0.1, 0.15) is 12.8 Å². The van der Waals surface area contributed by atoms with Gasteiger partial charge in [-0.15, -0.1) is 6.42 Å². The van der Waals surface area contributed by atoms with Crippen molar-refractivity contribution in [2.45, 2.75) is 18.9 Å². The maximum atomic E-state index is 9.81. The normalized spacial score (nSPS) is 15.4. The summed E-state index contributed by atoms with van der Waals surface area (Å²) in [5, 5.41) is 21.8. The summed E-state index contributed by atoms with van der Waals surface area (Å²) < 4.78 is 6.79. The molecule has 2 aromatic rings. The third kappa shape index (κ3) is 2.73. The van der Waals surface area contributed by atoms with E-state index < -0.39 is 18.6 Å². The molecule has 21 heavy (non-hydrogen) atoms. The van der Waals surface area contributed by atoms with Gasteiger partial charge >= 0.3 is 0 Å². The monoisotopic (exact) mass is 292 g/mol. The molecule has 0 unspecified atom stereocenters. The van der Waals surface area contributed by atoms with Crippen LogP contribution in [0, 0.1) is 12.3 Å². The number of imidazole rings is 1. The highest BCUT2D eigenvalue weighted by Gasteiger charge is 2.28. The van der Waals surface area contributed by atoms with Gasteiger partial charge in [-0.1, -0.05) is 0 Å². The number of nitrogens with two attached hydrogens (primary N) is 1. The number of ether oxygens (including phenoxy) is 1. The van der Waals surface area contributed by atoms with E-state index in [0.717, 1.165) is 0 Å². The Balaban J connectivity index is 2.43. The topological polar surface area (TPSA) is 131 Å². The minimum atomic E-state index is -2.08. The Morgan fingerprint density at radius 3 is 2.90 bits per heavy atom. The van der Waals surface area contributed by atoms with Crippen LogP contribution in [0.5, 0.6) is 0 Å². The van der Waals surface area contributed by atoms with Crippen LogP contribution in [0.25, 0.3) is 11.2 Å². The van der Waals surface area contributed by atoms with Crippen LogP contribution in [0.1, 0.15) is 13.2 Å². The number of rotatable bonds is 5. The fourth-order valence-electron chi connectivity index (χ4n) is 1.83. The molecule has 0 aliphatic carbocycles. The van der Waals surface area contributed by atoms with Crippen molar-refractivity contribution in [2.75, 3.05) is 24.7 Å². The van der Waals surface area contributed by atoms with Crippen LogP contribution < -0.4 is 11.1 Å². The van der Waals surface area contributed by atoms with Gasteiger partial charge in [0, 0.05) is 7.05 Å². The van der Waals surface area contributed by atoms with E-state index in [9.17, 15) is 5.11 Å². The first-order valence-corrected chi connectivity index (χ1v) is 6.10. The van der Waals surface area contributed by atoms with Gasteiger partial charge in [-0.05, 0) is 12.8 Å². The number of anilines is 2. The molecular formula is C12H16N6O3. The Morgan fingerprint density at radius 1 is 1.62 bits per heavy atom. The Morgan fingerprint density at radius 2 is 2.33 bits per heavy atom. The Bertz CT molecular complexity index is 694. The zero-order chi connectivity index (χ0) is 15.6. The van der Waals surface area contributed by atoms with Crippen LogP contribution in [-0.2, 0) is 4.74 Å². The minimum Gasteiger partial charge on any atom is -0.390 e. The fraction of sp³-hybridized carbons (Fsp3) is 0.417. The van der Waals surface area contributed by atoms with Gasteiger partial charge in [-0.25, -0.2) is 4.98 Å². The number of nitrogens with zero attached hydrogens (tertiary/aromatic N) is 4. The van der Waals surface area contributed by atoms with Crippen molar-refractivity contribution in [3.05, 3.63) is 6.33 Å². The summed E-state index contributed by atoms with van der Waals surface area (Å²) in [6, 6.07) is 0. The molecule has 0 saturated carbocycles. The van der Waals surface area contributed by atoms with Crippen LogP contribution in [0.4, 0.5) is 11.8 Å². The molecule has 0 amide bonds. The molecule has 5 N–H and O–H groups in total. The molecule has 112 valence electrons. The summed E-state index contributed by atoms with van der Waals surface area (Å²) in [7, 11) is 1.68. The maximum Gasteiger partial charge on any atom is 0.256 e. The lowest BCUT2D eigenvalue weighted by molar-refractivity contribution is -0.222. The van der Waals surface area contributed by atoms with Gasteiger partial charge in [0.05, 0.1) is 6.33 Å². The first kappa shape index (κ1) is 15.0. The van der Waals surface area contributed by atoms with Gasteiger partial charge in [-0.2, -0.15) is 9.97 Å². The standard InChI is InChI=1S/C12H16N6O3/c1-4-12(20,5-19)21-7(2)18-6-15-8-9(14-3)16-11(13)17-10(8)18/h1,6-7,19-20H,5H2,2-3H3,(H3,13,14,16,17)/t7-,12+/m1/s1. The molecule has 2 rings (SSSR count). The number of hydrogen-bond acceptors (Lipinski definition) is 8. The number of aliphatic hydroxyl groups is 2. The van der Waals surface area contributed by atoms with Crippen LogP contribution in [0.15, 0.2) is 6.33 Å². The number of fused-ring (bicyclic) bond motifs is 1. The molecule has 9 heteroatoms. The van der Waals surface area contributed by atoms with Crippen molar-refractivity contribution in [1.82, 2.24) is 19.5 Å². The molecule has 2 atom stereocenters. The molecule has 2 aromatic heterocycles. The molecule has 9 nitrogen and oxygen atoms in total. The molecule has 0 aliphatic heterocycles. The lowest BCUT2D eigenvalue weighted by Gasteiger charge is -2.25.